The molecule has 0 aliphatic rings. The van der Waals surface area contributed by atoms with Gasteiger partial charge in [0.15, 0.2) is 0 Å². The Balaban J connectivity index is 3.39. The van der Waals surface area contributed by atoms with Gasteiger partial charge in [-0.3, -0.25) is 9.59 Å². The molecule has 0 spiro atoms. The first kappa shape index (κ1) is 78.1. The van der Waals surface area contributed by atoms with E-state index in [0.29, 0.717) is 19.4 Å². The monoisotopic (exact) mass is 1120 g/mol. The molecule has 2 atom stereocenters. The minimum atomic E-state index is -0.844. The molecule has 0 rings (SSSR count). The van der Waals surface area contributed by atoms with E-state index in [9.17, 15) is 19.8 Å². The molecule has 472 valence electrons. The Morgan fingerprint density at radius 2 is 0.625 bits per heavy atom. The molecule has 0 saturated carbocycles. The first-order valence-electron chi connectivity index (χ1n) is 36.3. The van der Waals surface area contributed by atoms with E-state index in [1.165, 1.54) is 327 Å². The molecule has 0 radical (unpaired) electrons. The molecule has 0 bridgehead atoms. The van der Waals surface area contributed by atoms with Gasteiger partial charge in [-0.05, 0) is 64.2 Å². The second-order valence-electron chi connectivity index (χ2n) is 24.9. The third-order valence-corrected chi connectivity index (χ3v) is 16.9. The summed E-state index contributed by atoms with van der Waals surface area (Å²) in [4.78, 5) is 24.6. The molecule has 0 heterocycles. The highest BCUT2D eigenvalue weighted by atomic mass is 16.5. The Morgan fingerprint density at radius 1 is 0.350 bits per heavy atom. The smallest absolute Gasteiger partial charge is 0.305 e. The average molecular weight is 1120 g/mol. The van der Waals surface area contributed by atoms with Crippen molar-refractivity contribution in [1.82, 2.24) is 5.32 Å². The fourth-order valence-corrected chi connectivity index (χ4v) is 11.4. The largest absolute Gasteiger partial charge is 0.466 e. The number of unbranched alkanes of at least 4 members (excludes halogenated alkanes) is 53. The topological polar surface area (TPSA) is 95.9 Å². The Bertz CT molecular complexity index is 1300. The molecule has 0 aromatic heterocycles. The number of aliphatic hydroxyl groups is 2. The number of esters is 1. The van der Waals surface area contributed by atoms with Gasteiger partial charge in [-0.15, -0.1) is 0 Å². The minimum Gasteiger partial charge on any atom is -0.466 e. The van der Waals surface area contributed by atoms with Crippen LogP contribution >= 0.6 is 0 Å². The molecule has 6 heteroatoms. The number of rotatable bonds is 68. The highest BCUT2D eigenvalue weighted by Gasteiger charge is 2.18. The van der Waals surface area contributed by atoms with Crippen LogP contribution in [0, 0.1) is 0 Å². The SMILES string of the molecule is CCCCCCCCCCCCCCCC/C=C/C(O)C(CO)NC(=O)CCCCCCCCCCCCCCCCC/C=C\C/C=C\CCCCCCCCCCCOC(=O)CCCCCCCCCCCCCCCCCC. The Hall–Kier alpha value is -1.92. The molecule has 0 aliphatic carbocycles. The summed E-state index contributed by atoms with van der Waals surface area (Å²) in [5.74, 6) is -0.0480. The number of amides is 1. The van der Waals surface area contributed by atoms with Crippen molar-refractivity contribution in [3.8, 4) is 0 Å². The number of hydrogen-bond donors (Lipinski definition) is 3. The average Bonchev–Trinajstić information content (AvgIpc) is 3.46. The number of ether oxygens (including phenoxy) is 1. The molecule has 0 fully saturated rings. The van der Waals surface area contributed by atoms with Crippen LogP contribution in [0.15, 0.2) is 36.5 Å². The molecule has 0 saturated heterocycles. The van der Waals surface area contributed by atoms with Crippen LogP contribution < -0.4 is 5.32 Å². The van der Waals surface area contributed by atoms with Crippen molar-refractivity contribution in [3.63, 3.8) is 0 Å². The van der Waals surface area contributed by atoms with E-state index in [-0.39, 0.29) is 18.5 Å². The fourth-order valence-electron chi connectivity index (χ4n) is 11.4. The van der Waals surface area contributed by atoms with E-state index in [1.54, 1.807) is 6.08 Å². The van der Waals surface area contributed by atoms with E-state index in [1.807, 2.05) is 6.08 Å². The molecule has 0 aromatic carbocycles. The predicted octanol–water partition coefficient (Wildman–Crippen LogP) is 23.5. The molecule has 3 N–H and O–H groups in total. The van der Waals surface area contributed by atoms with Gasteiger partial charge in [0, 0.05) is 12.8 Å². The van der Waals surface area contributed by atoms with Gasteiger partial charge < -0.3 is 20.3 Å². The van der Waals surface area contributed by atoms with Crippen LogP contribution in [0.5, 0.6) is 0 Å². The Labute approximate surface area is 500 Å². The van der Waals surface area contributed by atoms with Gasteiger partial charge in [0.1, 0.15) is 0 Å². The van der Waals surface area contributed by atoms with Crippen LogP contribution in [0.3, 0.4) is 0 Å². The summed E-state index contributed by atoms with van der Waals surface area (Å²) in [7, 11) is 0. The van der Waals surface area contributed by atoms with Crippen molar-refractivity contribution in [2.24, 2.45) is 0 Å². The summed E-state index contributed by atoms with van der Waals surface area (Å²) >= 11 is 0. The van der Waals surface area contributed by atoms with Gasteiger partial charge in [0.05, 0.1) is 25.4 Å². The number of nitrogens with one attached hydrogen (secondary N) is 1. The third-order valence-electron chi connectivity index (χ3n) is 16.9. The van der Waals surface area contributed by atoms with Crippen LogP contribution in [-0.2, 0) is 14.3 Å². The highest BCUT2D eigenvalue weighted by Crippen LogP contribution is 2.19. The summed E-state index contributed by atoms with van der Waals surface area (Å²) in [6.45, 7) is 4.94. The van der Waals surface area contributed by atoms with Crippen molar-refractivity contribution in [2.75, 3.05) is 13.2 Å². The normalized spacial score (nSPS) is 12.7. The summed E-state index contributed by atoms with van der Waals surface area (Å²) in [6.07, 6.45) is 89.5. The van der Waals surface area contributed by atoms with Crippen LogP contribution in [0.4, 0.5) is 0 Å². The molecular formula is C74H141NO5. The molecule has 0 aromatic rings. The number of allylic oxidation sites excluding steroid dienone is 5. The maximum absolute atomic E-state index is 12.5. The van der Waals surface area contributed by atoms with Gasteiger partial charge in [0.25, 0.3) is 0 Å². The van der Waals surface area contributed by atoms with E-state index in [0.717, 1.165) is 44.9 Å². The highest BCUT2D eigenvalue weighted by molar-refractivity contribution is 5.76. The lowest BCUT2D eigenvalue weighted by molar-refractivity contribution is -0.143. The second kappa shape index (κ2) is 69.6. The summed E-state index contributed by atoms with van der Waals surface area (Å²) in [5.41, 5.74) is 0. The molecular weight excluding hydrogens is 983 g/mol. The quantitative estimate of drug-likeness (QED) is 0.0320. The number of carbonyl (C=O) groups excluding carboxylic acids is 2. The second-order valence-corrected chi connectivity index (χ2v) is 24.9. The van der Waals surface area contributed by atoms with Crippen molar-refractivity contribution in [2.45, 2.75) is 411 Å². The van der Waals surface area contributed by atoms with Crippen molar-refractivity contribution in [1.29, 1.82) is 0 Å². The van der Waals surface area contributed by atoms with Crippen LogP contribution in [-0.4, -0.2) is 47.4 Å². The van der Waals surface area contributed by atoms with Crippen molar-refractivity contribution in [3.05, 3.63) is 36.5 Å². The van der Waals surface area contributed by atoms with Crippen molar-refractivity contribution < 1.29 is 24.5 Å². The first-order valence-corrected chi connectivity index (χ1v) is 36.3. The first-order chi connectivity index (χ1) is 39.5. The molecule has 0 aliphatic heterocycles. The number of hydrogen-bond acceptors (Lipinski definition) is 5. The maximum atomic E-state index is 12.5. The van der Waals surface area contributed by atoms with Gasteiger partial charge >= 0.3 is 5.97 Å². The molecule has 6 nitrogen and oxygen atoms in total. The lowest BCUT2D eigenvalue weighted by Crippen LogP contribution is -2.45. The van der Waals surface area contributed by atoms with Gasteiger partial charge in [-0.2, -0.15) is 0 Å². The van der Waals surface area contributed by atoms with E-state index >= 15 is 0 Å². The third kappa shape index (κ3) is 65.2. The predicted molar refractivity (Wildman–Crippen MR) is 352 cm³/mol. The minimum absolute atomic E-state index is 0.0168. The number of carbonyl (C=O) groups is 2. The van der Waals surface area contributed by atoms with Gasteiger partial charge in [-0.1, -0.05) is 359 Å². The zero-order valence-electron chi connectivity index (χ0n) is 54.1. The standard InChI is InChI=1S/C74H141NO5/c1-3-5-7-9-11-13-15-17-19-38-42-46-50-54-58-62-66-72(77)71(70-76)75-73(78)67-63-59-55-51-47-43-39-36-34-32-30-28-26-24-22-21-23-25-27-29-31-33-35-37-41-45-49-53-57-61-65-69-80-74(79)68-64-60-56-52-48-44-40-20-18-16-14-12-10-8-6-4-2/h23,25,29,31,62,66,71-72,76-77H,3-22,24,26-28,30,32-61,63-65,67-70H2,1-2H3,(H,75,78)/b25-23-,31-29-,66-62+. The van der Waals surface area contributed by atoms with E-state index < -0.39 is 12.1 Å². The Kier molecular flexibility index (Phi) is 67.9. The molecule has 2 unspecified atom stereocenters. The summed E-state index contributed by atoms with van der Waals surface area (Å²) < 4.78 is 5.50. The van der Waals surface area contributed by atoms with Crippen LogP contribution in [0.2, 0.25) is 0 Å². The lowest BCUT2D eigenvalue weighted by Gasteiger charge is -2.20. The zero-order chi connectivity index (χ0) is 57.8. The zero-order valence-corrected chi connectivity index (χ0v) is 54.1. The summed E-state index contributed by atoms with van der Waals surface area (Å²) in [5, 5.41) is 23.2. The van der Waals surface area contributed by atoms with Gasteiger partial charge in [0.2, 0.25) is 5.91 Å². The van der Waals surface area contributed by atoms with Crippen LogP contribution in [0.1, 0.15) is 399 Å². The van der Waals surface area contributed by atoms with Crippen molar-refractivity contribution >= 4 is 11.9 Å². The Morgan fingerprint density at radius 3 is 0.950 bits per heavy atom. The lowest BCUT2D eigenvalue weighted by atomic mass is 10.0. The van der Waals surface area contributed by atoms with Crippen LogP contribution in [0.25, 0.3) is 0 Å². The summed E-state index contributed by atoms with van der Waals surface area (Å²) in [6, 6.07) is -0.628. The molecule has 1 amide bonds. The van der Waals surface area contributed by atoms with E-state index in [2.05, 4.69) is 43.5 Å². The van der Waals surface area contributed by atoms with E-state index in [4.69, 9.17) is 4.74 Å². The fraction of sp³-hybridized carbons (Fsp3) is 0.892. The maximum Gasteiger partial charge on any atom is 0.305 e. The van der Waals surface area contributed by atoms with Gasteiger partial charge in [-0.25, -0.2) is 0 Å². The molecule has 80 heavy (non-hydrogen) atoms. The number of aliphatic hydroxyl groups excluding tert-OH is 2.